The fourth-order valence-electron chi connectivity index (χ4n) is 1.96. The van der Waals surface area contributed by atoms with Crippen molar-refractivity contribution in [1.82, 2.24) is 20.5 Å². The van der Waals surface area contributed by atoms with Crippen molar-refractivity contribution in [3.05, 3.63) is 47.9 Å². The van der Waals surface area contributed by atoms with Crippen LogP contribution in [0.3, 0.4) is 0 Å². The van der Waals surface area contributed by atoms with E-state index in [4.69, 9.17) is 0 Å². The maximum Gasteiger partial charge on any atom is 0.151 e. The van der Waals surface area contributed by atoms with Crippen LogP contribution in [-0.4, -0.2) is 28.8 Å². The molecule has 5 heteroatoms. The SMILES string of the molecule is CC(C)CNCc1ccc(N(C)Cc2ccccn2)nn1. The first kappa shape index (κ1) is 15.4. The standard InChI is InChI=1S/C16H23N5/c1-13(2)10-17-11-14-7-8-16(20-19-14)21(3)12-15-6-4-5-9-18-15/h4-9,13,17H,10-12H2,1-3H3. The molecular weight excluding hydrogens is 262 g/mol. The van der Waals surface area contributed by atoms with E-state index in [1.165, 1.54) is 0 Å². The predicted molar refractivity (Wildman–Crippen MR) is 84.9 cm³/mol. The van der Waals surface area contributed by atoms with Gasteiger partial charge < -0.3 is 10.2 Å². The van der Waals surface area contributed by atoms with E-state index in [2.05, 4.69) is 34.3 Å². The Kier molecular flexibility index (Phi) is 5.63. The Labute approximate surface area is 126 Å². The van der Waals surface area contributed by atoms with Gasteiger partial charge in [0.1, 0.15) is 0 Å². The zero-order chi connectivity index (χ0) is 15.1. The zero-order valence-electron chi connectivity index (χ0n) is 13.0. The summed E-state index contributed by atoms with van der Waals surface area (Å²) in [5.74, 6) is 1.50. The quantitative estimate of drug-likeness (QED) is 0.845. The number of hydrogen-bond donors (Lipinski definition) is 1. The molecule has 112 valence electrons. The van der Waals surface area contributed by atoms with Crippen molar-refractivity contribution >= 4 is 5.82 Å². The van der Waals surface area contributed by atoms with Crippen LogP contribution in [-0.2, 0) is 13.1 Å². The highest BCUT2D eigenvalue weighted by atomic mass is 15.2. The van der Waals surface area contributed by atoms with Crippen molar-refractivity contribution < 1.29 is 0 Å². The molecule has 0 bridgehead atoms. The molecule has 0 aliphatic heterocycles. The summed E-state index contributed by atoms with van der Waals surface area (Å²) in [5, 5.41) is 11.9. The van der Waals surface area contributed by atoms with Gasteiger partial charge in [0.05, 0.1) is 17.9 Å². The number of hydrogen-bond acceptors (Lipinski definition) is 5. The van der Waals surface area contributed by atoms with E-state index >= 15 is 0 Å². The van der Waals surface area contributed by atoms with Crippen molar-refractivity contribution in [3.8, 4) is 0 Å². The average Bonchev–Trinajstić information content (AvgIpc) is 2.48. The first-order valence-electron chi connectivity index (χ1n) is 7.29. The third-order valence-electron chi connectivity index (χ3n) is 3.08. The minimum atomic E-state index is 0.640. The maximum absolute atomic E-state index is 4.32. The lowest BCUT2D eigenvalue weighted by molar-refractivity contribution is 0.546. The molecule has 5 nitrogen and oxygen atoms in total. The molecule has 0 aliphatic carbocycles. The Hall–Kier alpha value is -2.01. The minimum Gasteiger partial charge on any atom is -0.352 e. The smallest absolute Gasteiger partial charge is 0.151 e. The highest BCUT2D eigenvalue weighted by Crippen LogP contribution is 2.10. The summed E-state index contributed by atoms with van der Waals surface area (Å²) in [7, 11) is 2.00. The lowest BCUT2D eigenvalue weighted by atomic mass is 10.2. The Bertz CT molecular complexity index is 524. The van der Waals surface area contributed by atoms with Crippen LogP contribution in [0.15, 0.2) is 36.5 Å². The molecular formula is C16H23N5. The summed E-state index contributed by atoms with van der Waals surface area (Å²) >= 11 is 0. The topological polar surface area (TPSA) is 53.9 Å². The Morgan fingerprint density at radius 3 is 2.57 bits per heavy atom. The molecule has 0 radical (unpaired) electrons. The second-order valence-corrected chi connectivity index (χ2v) is 5.58. The van der Waals surface area contributed by atoms with Crippen LogP contribution in [0.4, 0.5) is 5.82 Å². The molecule has 0 amide bonds. The van der Waals surface area contributed by atoms with E-state index in [0.29, 0.717) is 5.92 Å². The van der Waals surface area contributed by atoms with E-state index in [1.54, 1.807) is 6.20 Å². The number of nitrogens with one attached hydrogen (secondary N) is 1. The van der Waals surface area contributed by atoms with Crippen LogP contribution in [0.2, 0.25) is 0 Å². The summed E-state index contributed by atoms with van der Waals surface area (Å²) < 4.78 is 0. The second kappa shape index (κ2) is 7.69. The number of pyridine rings is 1. The number of nitrogens with zero attached hydrogens (tertiary/aromatic N) is 4. The largest absolute Gasteiger partial charge is 0.352 e. The summed E-state index contributed by atoms with van der Waals surface area (Å²) in [5.41, 5.74) is 1.98. The van der Waals surface area contributed by atoms with Gasteiger partial charge >= 0.3 is 0 Å². The normalized spacial score (nSPS) is 10.9. The van der Waals surface area contributed by atoms with E-state index in [0.717, 1.165) is 36.8 Å². The molecule has 21 heavy (non-hydrogen) atoms. The van der Waals surface area contributed by atoms with Gasteiger partial charge in [-0.3, -0.25) is 4.98 Å². The van der Waals surface area contributed by atoms with Crippen LogP contribution in [0, 0.1) is 5.92 Å². The van der Waals surface area contributed by atoms with E-state index < -0.39 is 0 Å². The fraction of sp³-hybridized carbons (Fsp3) is 0.438. The minimum absolute atomic E-state index is 0.640. The van der Waals surface area contributed by atoms with Gasteiger partial charge in [-0.05, 0) is 36.7 Å². The molecule has 0 spiro atoms. The van der Waals surface area contributed by atoms with Gasteiger partial charge in [0.2, 0.25) is 0 Å². The average molecular weight is 285 g/mol. The molecule has 2 heterocycles. The number of aromatic nitrogens is 3. The van der Waals surface area contributed by atoms with Gasteiger partial charge in [-0.2, -0.15) is 5.10 Å². The molecule has 0 fully saturated rings. The lowest BCUT2D eigenvalue weighted by Crippen LogP contribution is -2.21. The van der Waals surface area contributed by atoms with Crippen molar-refractivity contribution in [2.24, 2.45) is 5.92 Å². The van der Waals surface area contributed by atoms with Crippen LogP contribution < -0.4 is 10.2 Å². The number of anilines is 1. The van der Waals surface area contributed by atoms with Gasteiger partial charge in [0.15, 0.2) is 5.82 Å². The molecule has 2 aromatic rings. The predicted octanol–water partition coefficient (Wildman–Crippen LogP) is 2.25. The Balaban J connectivity index is 1.89. The highest BCUT2D eigenvalue weighted by Gasteiger charge is 2.05. The summed E-state index contributed by atoms with van der Waals surface area (Å²) in [4.78, 5) is 6.36. The van der Waals surface area contributed by atoms with Gasteiger partial charge in [0, 0.05) is 19.8 Å². The van der Waals surface area contributed by atoms with Gasteiger partial charge in [0.25, 0.3) is 0 Å². The molecule has 0 aliphatic rings. The van der Waals surface area contributed by atoms with E-state index in [9.17, 15) is 0 Å². The van der Waals surface area contributed by atoms with Crippen LogP contribution >= 0.6 is 0 Å². The first-order valence-corrected chi connectivity index (χ1v) is 7.29. The Morgan fingerprint density at radius 2 is 1.95 bits per heavy atom. The van der Waals surface area contributed by atoms with Crippen molar-refractivity contribution in [2.45, 2.75) is 26.9 Å². The van der Waals surface area contributed by atoms with Crippen LogP contribution in [0.5, 0.6) is 0 Å². The van der Waals surface area contributed by atoms with Crippen molar-refractivity contribution in [3.63, 3.8) is 0 Å². The summed E-state index contributed by atoms with van der Waals surface area (Å²) in [6, 6.07) is 9.94. The molecule has 0 aromatic carbocycles. The zero-order valence-corrected chi connectivity index (χ0v) is 13.0. The van der Waals surface area contributed by atoms with Crippen LogP contribution in [0.1, 0.15) is 25.2 Å². The third-order valence-corrected chi connectivity index (χ3v) is 3.08. The third kappa shape index (κ3) is 5.11. The van der Waals surface area contributed by atoms with E-state index in [1.807, 2.05) is 42.3 Å². The van der Waals surface area contributed by atoms with Crippen molar-refractivity contribution in [1.29, 1.82) is 0 Å². The van der Waals surface area contributed by atoms with Crippen LogP contribution in [0.25, 0.3) is 0 Å². The molecule has 0 atom stereocenters. The summed E-state index contributed by atoms with van der Waals surface area (Å²) in [6.07, 6.45) is 1.80. The lowest BCUT2D eigenvalue weighted by Gasteiger charge is -2.17. The summed E-state index contributed by atoms with van der Waals surface area (Å²) in [6.45, 7) is 6.85. The molecule has 2 rings (SSSR count). The molecule has 2 aromatic heterocycles. The first-order chi connectivity index (χ1) is 10.1. The van der Waals surface area contributed by atoms with Gasteiger partial charge in [-0.25, -0.2) is 0 Å². The monoisotopic (exact) mass is 285 g/mol. The van der Waals surface area contributed by atoms with E-state index in [-0.39, 0.29) is 0 Å². The molecule has 1 N–H and O–H groups in total. The fourth-order valence-corrected chi connectivity index (χ4v) is 1.96. The molecule has 0 saturated carbocycles. The maximum atomic E-state index is 4.32. The van der Waals surface area contributed by atoms with Gasteiger partial charge in [-0.15, -0.1) is 5.10 Å². The second-order valence-electron chi connectivity index (χ2n) is 5.58. The highest BCUT2D eigenvalue weighted by molar-refractivity contribution is 5.36. The van der Waals surface area contributed by atoms with Gasteiger partial charge in [-0.1, -0.05) is 19.9 Å². The number of rotatable bonds is 7. The molecule has 0 unspecified atom stereocenters. The molecule has 0 saturated heterocycles. The Morgan fingerprint density at radius 1 is 1.10 bits per heavy atom. The van der Waals surface area contributed by atoms with Crippen molar-refractivity contribution in [2.75, 3.05) is 18.5 Å².